The van der Waals surface area contributed by atoms with Crippen LogP contribution in [0.25, 0.3) is 0 Å². The van der Waals surface area contributed by atoms with E-state index in [9.17, 15) is 0 Å². The minimum absolute atomic E-state index is 0.146. The summed E-state index contributed by atoms with van der Waals surface area (Å²) < 4.78 is 10.8. The van der Waals surface area contributed by atoms with E-state index in [4.69, 9.17) is 9.16 Å². The van der Waals surface area contributed by atoms with Crippen LogP contribution in [-0.4, -0.2) is 28.7 Å². The highest BCUT2D eigenvalue weighted by Gasteiger charge is 2.28. The quantitative estimate of drug-likeness (QED) is 0.552. The summed E-state index contributed by atoms with van der Waals surface area (Å²) in [4.78, 5) is 0. The average Bonchev–Trinajstić information content (AvgIpc) is 1.89. The highest BCUT2D eigenvalue weighted by atomic mass is 28.2. The molecule has 0 spiro atoms. The first-order valence-electron chi connectivity index (χ1n) is 3.90. The number of hydrogen-bond acceptors (Lipinski definition) is 2. The summed E-state index contributed by atoms with van der Waals surface area (Å²) in [5.41, 5.74) is 0. The number of rotatable bonds is 2. The molecule has 0 bridgehead atoms. The van der Waals surface area contributed by atoms with Gasteiger partial charge < -0.3 is 9.16 Å². The first-order valence-corrected chi connectivity index (χ1v) is 5.18. The summed E-state index contributed by atoms with van der Waals surface area (Å²) in [6, 6.07) is 0. The second kappa shape index (κ2) is 3.51. The summed E-state index contributed by atoms with van der Waals surface area (Å²) in [7, 11) is 1.34. The van der Waals surface area contributed by atoms with Crippen LogP contribution in [0.1, 0.15) is 26.2 Å². The van der Waals surface area contributed by atoms with E-state index in [1.165, 1.54) is 19.3 Å². The van der Waals surface area contributed by atoms with Gasteiger partial charge in [0.1, 0.15) is 0 Å². The largest absolute Gasteiger partial charge is 0.424 e. The molecule has 2 nitrogen and oxygen atoms in total. The van der Waals surface area contributed by atoms with Crippen LogP contribution in [0.4, 0.5) is 0 Å². The van der Waals surface area contributed by atoms with Crippen LogP contribution in [-0.2, 0) is 9.16 Å². The predicted molar refractivity (Wildman–Crippen MR) is 43.8 cm³/mol. The van der Waals surface area contributed by atoms with Gasteiger partial charge in [0.15, 0.2) is 9.76 Å². The maximum atomic E-state index is 5.64. The van der Waals surface area contributed by atoms with Crippen LogP contribution in [0, 0.1) is 0 Å². The Bertz CT molecular complexity index is 94.3. The highest BCUT2D eigenvalue weighted by Crippen LogP contribution is 2.22. The lowest BCUT2D eigenvalue weighted by Crippen LogP contribution is -2.39. The first-order chi connectivity index (χ1) is 4.77. The zero-order valence-electron chi connectivity index (χ0n) is 6.85. The molecule has 3 heteroatoms. The second-order valence-corrected chi connectivity index (χ2v) is 5.55. The Morgan fingerprint density at radius 3 is 2.80 bits per heavy atom. The van der Waals surface area contributed by atoms with Crippen molar-refractivity contribution < 1.29 is 9.16 Å². The lowest BCUT2D eigenvalue weighted by molar-refractivity contribution is -0.0152. The third kappa shape index (κ3) is 2.07. The average molecular weight is 160 g/mol. The molecule has 1 heterocycles. The van der Waals surface area contributed by atoms with Gasteiger partial charge in [0.25, 0.3) is 0 Å². The van der Waals surface area contributed by atoms with Gasteiger partial charge in [0, 0.05) is 13.7 Å². The van der Waals surface area contributed by atoms with E-state index in [1.807, 2.05) is 0 Å². The van der Waals surface area contributed by atoms with E-state index in [1.54, 1.807) is 7.11 Å². The van der Waals surface area contributed by atoms with Crippen LogP contribution < -0.4 is 0 Å². The zero-order valence-corrected chi connectivity index (χ0v) is 8.27. The van der Waals surface area contributed by atoms with E-state index in [0.717, 1.165) is 6.61 Å². The van der Waals surface area contributed by atoms with Gasteiger partial charge in [-0.2, -0.15) is 0 Å². The monoisotopic (exact) mass is 160 g/mol. The van der Waals surface area contributed by atoms with Crippen molar-refractivity contribution >= 4 is 9.76 Å². The topological polar surface area (TPSA) is 18.5 Å². The minimum atomic E-state index is -0.443. The molecule has 1 atom stereocenters. The van der Waals surface area contributed by atoms with Gasteiger partial charge in [-0.3, -0.25) is 0 Å². The van der Waals surface area contributed by atoms with Crippen molar-refractivity contribution in [2.45, 2.75) is 31.4 Å². The van der Waals surface area contributed by atoms with E-state index in [2.05, 4.69) is 6.92 Å². The Hall–Kier alpha value is 0.137. The molecule has 1 saturated heterocycles. The van der Waals surface area contributed by atoms with Crippen molar-refractivity contribution in [3.8, 4) is 0 Å². The molecule has 0 amide bonds. The Morgan fingerprint density at radius 1 is 1.50 bits per heavy atom. The highest BCUT2D eigenvalue weighted by molar-refractivity contribution is 6.31. The smallest absolute Gasteiger partial charge is 0.193 e. The van der Waals surface area contributed by atoms with E-state index < -0.39 is 9.76 Å². The first kappa shape index (κ1) is 8.24. The molecule has 10 heavy (non-hydrogen) atoms. The predicted octanol–water partition coefficient (Wildman–Crippen LogP) is 0.633. The molecule has 0 aliphatic carbocycles. The van der Waals surface area contributed by atoms with E-state index >= 15 is 0 Å². The van der Waals surface area contributed by atoms with Gasteiger partial charge in [0.05, 0.1) is 5.22 Å². The number of ether oxygens (including phenoxy) is 1. The molecule has 1 aliphatic heterocycles. The van der Waals surface area contributed by atoms with Gasteiger partial charge in [-0.1, -0.05) is 0 Å². The number of hydrogen-bond donors (Lipinski definition) is 0. The Kier molecular flexibility index (Phi) is 2.89. The fourth-order valence-corrected chi connectivity index (χ4v) is 2.64. The molecule has 0 aromatic carbocycles. The SMILES string of the molecule is CO[SiH2]C1(C)CCCCO1. The molecule has 1 unspecified atom stereocenters. The molecule has 1 fully saturated rings. The van der Waals surface area contributed by atoms with Crippen molar-refractivity contribution in [1.29, 1.82) is 0 Å². The summed E-state index contributed by atoms with van der Waals surface area (Å²) >= 11 is 0. The standard InChI is InChI=1S/C7H16O2Si/c1-7(10-8-2)5-3-4-6-9-7/h3-6,10H2,1-2H3. The molecule has 0 N–H and O–H groups in total. The van der Waals surface area contributed by atoms with Crippen LogP contribution in [0.3, 0.4) is 0 Å². The summed E-state index contributed by atoms with van der Waals surface area (Å²) in [6.45, 7) is 3.12. The summed E-state index contributed by atoms with van der Waals surface area (Å²) in [6.07, 6.45) is 3.74. The van der Waals surface area contributed by atoms with E-state index in [-0.39, 0.29) is 5.22 Å². The lowest BCUT2D eigenvalue weighted by Gasteiger charge is -2.32. The third-order valence-corrected chi connectivity index (χ3v) is 3.46. The molecule has 0 aromatic rings. The maximum absolute atomic E-state index is 5.64. The van der Waals surface area contributed by atoms with E-state index in [0.29, 0.717) is 0 Å². The van der Waals surface area contributed by atoms with Crippen molar-refractivity contribution in [3.05, 3.63) is 0 Å². The molecular weight excluding hydrogens is 144 g/mol. The van der Waals surface area contributed by atoms with Gasteiger partial charge in [0.2, 0.25) is 0 Å². The Labute approximate surface area is 64.8 Å². The maximum Gasteiger partial charge on any atom is 0.193 e. The molecule has 60 valence electrons. The Morgan fingerprint density at radius 2 is 2.30 bits per heavy atom. The zero-order chi connectivity index (χ0) is 7.45. The molecular formula is C7H16O2Si. The second-order valence-electron chi connectivity index (χ2n) is 3.19. The third-order valence-electron chi connectivity index (χ3n) is 2.00. The molecule has 0 radical (unpaired) electrons. The molecule has 1 aliphatic rings. The summed E-state index contributed by atoms with van der Waals surface area (Å²) in [5.74, 6) is 0. The van der Waals surface area contributed by atoms with Crippen LogP contribution in [0.15, 0.2) is 0 Å². The summed E-state index contributed by atoms with van der Waals surface area (Å²) in [5, 5.41) is 0.146. The van der Waals surface area contributed by atoms with Crippen molar-refractivity contribution in [1.82, 2.24) is 0 Å². The molecule has 0 aromatic heterocycles. The van der Waals surface area contributed by atoms with Crippen LogP contribution in [0.2, 0.25) is 0 Å². The van der Waals surface area contributed by atoms with Crippen molar-refractivity contribution in [2.24, 2.45) is 0 Å². The normalized spacial score (nSPS) is 35.4. The van der Waals surface area contributed by atoms with Crippen molar-refractivity contribution in [2.75, 3.05) is 13.7 Å². The van der Waals surface area contributed by atoms with Gasteiger partial charge in [-0.25, -0.2) is 0 Å². The van der Waals surface area contributed by atoms with Gasteiger partial charge >= 0.3 is 0 Å². The lowest BCUT2D eigenvalue weighted by atomic mass is 10.1. The minimum Gasteiger partial charge on any atom is -0.424 e. The van der Waals surface area contributed by atoms with Gasteiger partial charge in [-0.05, 0) is 26.2 Å². The fraction of sp³-hybridized carbons (Fsp3) is 1.00. The fourth-order valence-electron chi connectivity index (χ4n) is 1.41. The van der Waals surface area contributed by atoms with Crippen LogP contribution in [0.5, 0.6) is 0 Å². The van der Waals surface area contributed by atoms with Gasteiger partial charge in [-0.15, -0.1) is 0 Å². The molecule has 0 saturated carbocycles. The van der Waals surface area contributed by atoms with Crippen molar-refractivity contribution in [3.63, 3.8) is 0 Å². The Balaban J connectivity index is 2.32. The van der Waals surface area contributed by atoms with Crippen LogP contribution >= 0.6 is 0 Å². The molecule has 1 rings (SSSR count).